The zero-order chi connectivity index (χ0) is 9.97. The highest BCUT2D eigenvalue weighted by Crippen LogP contribution is 2.25. The summed E-state index contributed by atoms with van der Waals surface area (Å²) in [4.78, 5) is 0. The van der Waals surface area contributed by atoms with Crippen LogP contribution in [-0.2, 0) is 6.42 Å². The van der Waals surface area contributed by atoms with Crippen LogP contribution in [0.15, 0.2) is 35.9 Å². The van der Waals surface area contributed by atoms with Crippen molar-refractivity contribution in [3.63, 3.8) is 0 Å². The predicted molar refractivity (Wildman–Crippen MR) is 61.8 cm³/mol. The fraction of sp³-hybridized carbons (Fsp3) is 0.385. The molecule has 0 spiro atoms. The number of rotatable bonds is 2. The molecule has 0 heterocycles. The van der Waals surface area contributed by atoms with Crippen LogP contribution in [0.3, 0.4) is 0 Å². The molecule has 0 saturated heterocycles. The molecule has 0 N–H and O–H groups in total. The van der Waals surface area contributed by atoms with Crippen LogP contribution >= 0.6 is 11.6 Å². The van der Waals surface area contributed by atoms with Crippen molar-refractivity contribution >= 4 is 11.6 Å². The van der Waals surface area contributed by atoms with E-state index >= 15 is 0 Å². The van der Waals surface area contributed by atoms with Crippen LogP contribution < -0.4 is 0 Å². The Hall–Kier alpha value is -0.750. The minimum Gasteiger partial charge on any atom is -0.118 e. The quantitative estimate of drug-likeness (QED) is 0.509. The number of hydrogen-bond donors (Lipinski definition) is 0. The summed E-state index contributed by atoms with van der Waals surface area (Å²) >= 11 is 6.03. The highest BCUT2D eigenvalue weighted by Gasteiger charge is 2.12. The summed E-state index contributed by atoms with van der Waals surface area (Å²) < 4.78 is 0. The van der Waals surface area contributed by atoms with Crippen LogP contribution in [0, 0.1) is 6.92 Å². The van der Waals surface area contributed by atoms with Gasteiger partial charge in [0.25, 0.3) is 0 Å². The lowest BCUT2D eigenvalue weighted by Crippen LogP contribution is -1.88. The lowest BCUT2D eigenvalue weighted by Gasteiger charge is -2.02. The molecule has 1 aliphatic carbocycles. The molecule has 0 radical (unpaired) electrons. The van der Waals surface area contributed by atoms with Gasteiger partial charge in [-0.2, -0.15) is 0 Å². The Labute approximate surface area is 90.6 Å². The van der Waals surface area contributed by atoms with Gasteiger partial charge in [0.2, 0.25) is 0 Å². The average molecular weight is 207 g/mol. The van der Waals surface area contributed by atoms with E-state index in [9.17, 15) is 0 Å². The third-order valence-corrected chi connectivity index (χ3v) is 3.02. The van der Waals surface area contributed by atoms with E-state index < -0.39 is 0 Å². The molecule has 74 valence electrons. The summed E-state index contributed by atoms with van der Waals surface area (Å²) in [6.07, 6.45) is 5.57. The molecule has 0 saturated carbocycles. The molecular weight excluding hydrogens is 192 g/mol. The molecule has 1 atom stereocenters. The first-order valence-electron chi connectivity index (χ1n) is 5.13. The normalized spacial score (nSPS) is 21.0. The van der Waals surface area contributed by atoms with Crippen LogP contribution in [-0.4, -0.2) is 5.38 Å². The first kappa shape index (κ1) is 9.79. The van der Waals surface area contributed by atoms with Crippen LogP contribution in [0.1, 0.15) is 24.0 Å². The minimum absolute atomic E-state index is 0.273. The first-order chi connectivity index (χ1) is 6.74. The highest BCUT2D eigenvalue weighted by atomic mass is 35.5. The monoisotopic (exact) mass is 206 g/mol. The van der Waals surface area contributed by atoms with Gasteiger partial charge in [0.15, 0.2) is 0 Å². The molecule has 0 aromatic heterocycles. The van der Waals surface area contributed by atoms with Crippen LogP contribution in [0.25, 0.3) is 0 Å². The van der Waals surface area contributed by atoms with Crippen molar-refractivity contribution in [1.29, 1.82) is 0 Å². The van der Waals surface area contributed by atoms with Crippen molar-refractivity contribution in [2.24, 2.45) is 0 Å². The maximum atomic E-state index is 6.03. The van der Waals surface area contributed by atoms with Crippen LogP contribution in [0.4, 0.5) is 0 Å². The number of allylic oxidation sites excluding steroid dienone is 2. The molecule has 1 unspecified atom stereocenters. The van der Waals surface area contributed by atoms with Gasteiger partial charge in [0.1, 0.15) is 0 Å². The number of halogens is 1. The Kier molecular flexibility index (Phi) is 2.93. The van der Waals surface area contributed by atoms with Gasteiger partial charge in [-0.25, -0.2) is 0 Å². The highest BCUT2D eigenvalue weighted by molar-refractivity contribution is 6.22. The van der Waals surface area contributed by atoms with Crippen molar-refractivity contribution in [2.45, 2.75) is 31.6 Å². The molecule has 0 nitrogen and oxygen atoms in total. The predicted octanol–water partition coefficient (Wildman–Crippen LogP) is 3.87. The van der Waals surface area contributed by atoms with Gasteiger partial charge < -0.3 is 0 Å². The molecule has 0 aliphatic heterocycles. The number of alkyl halides is 1. The molecule has 2 rings (SSSR count). The maximum absolute atomic E-state index is 6.03. The van der Waals surface area contributed by atoms with Gasteiger partial charge >= 0.3 is 0 Å². The second-order valence-corrected chi connectivity index (χ2v) is 4.61. The van der Waals surface area contributed by atoms with Crippen molar-refractivity contribution in [1.82, 2.24) is 0 Å². The molecular formula is C13H15Cl. The van der Waals surface area contributed by atoms with E-state index in [4.69, 9.17) is 11.6 Å². The molecule has 1 aliphatic rings. The summed E-state index contributed by atoms with van der Waals surface area (Å²) in [6, 6.07) is 8.70. The Bertz CT molecular complexity index is 352. The van der Waals surface area contributed by atoms with E-state index in [2.05, 4.69) is 37.3 Å². The Morgan fingerprint density at radius 1 is 1.43 bits per heavy atom. The molecule has 1 heteroatoms. The van der Waals surface area contributed by atoms with Gasteiger partial charge in [-0.3, -0.25) is 0 Å². The first-order valence-corrected chi connectivity index (χ1v) is 5.57. The van der Waals surface area contributed by atoms with Gasteiger partial charge in [0, 0.05) is 0 Å². The summed E-state index contributed by atoms with van der Waals surface area (Å²) in [6.45, 7) is 2.14. The third-order valence-electron chi connectivity index (χ3n) is 2.67. The molecule has 0 amide bonds. The van der Waals surface area contributed by atoms with Crippen molar-refractivity contribution in [3.8, 4) is 0 Å². The molecule has 1 aromatic carbocycles. The van der Waals surface area contributed by atoms with E-state index in [1.165, 1.54) is 23.1 Å². The topological polar surface area (TPSA) is 0 Å². The van der Waals surface area contributed by atoms with Crippen molar-refractivity contribution in [3.05, 3.63) is 47.0 Å². The number of benzene rings is 1. The summed E-state index contributed by atoms with van der Waals surface area (Å²) in [7, 11) is 0. The summed E-state index contributed by atoms with van der Waals surface area (Å²) in [5, 5.41) is 0.273. The van der Waals surface area contributed by atoms with Crippen LogP contribution in [0.2, 0.25) is 0 Å². The second kappa shape index (κ2) is 4.18. The smallest absolute Gasteiger partial charge is 0.0521 e. The zero-order valence-corrected chi connectivity index (χ0v) is 9.22. The average Bonchev–Trinajstić information content (AvgIpc) is 2.51. The van der Waals surface area contributed by atoms with Crippen molar-refractivity contribution < 1.29 is 0 Å². The van der Waals surface area contributed by atoms with Crippen molar-refractivity contribution in [2.75, 3.05) is 0 Å². The second-order valence-electron chi connectivity index (χ2n) is 4.05. The fourth-order valence-corrected chi connectivity index (χ4v) is 2.26. The van der Waals surface area contributed by atoms with Crippen LogP contribution in [0.5, 0.6) is 0 Å². The number of hydrogen-bond acceptors (Lipinski definition) is 0. The van der Waals surface area contributed by atoms with Gasteiger partial charge in [-0.1, -0.05) is 41.5 Å². The molecule has 1 aromatic rings. The fourth-order valence-electron chi connectivity index (χ4n) is 1.98. The largest absolute Gasteiger partial charge is 0.118 e. The van der Waals surface area contributed by atoms with Gasteiger partial charge in [0.05, 0.1) is 5.38 Å². The summed E-state index contributed by atoms with van der Waals surface area (Å²) in [5.74, 6) is 0. The Balaban J connectivity index is 2.08. The molecule has 0 bridgehead atoms. The van der Waals surface area contributed by atoms with E-state index in [0.29, 0.717) is 0 Å². The minimum atomic E-state index is 0.273. The summed E-state index contributed by atoms with van der Waals surface area (Å²) in [5.41, 5.74) is 4.24. The molecule has 0 fully saturated rings. The lowest BCUT2D eigenvalue weighted by atomic mass is 10.0. The number of aryl methyl sites for hydroxylation is 1. The van der Waals surface area contributed by atoms with E-state index in [1.807, 2.05) is 0 Å². The van der Waals surface area contributed by atoms with E-state index in [-0.39, 0.29) is 5.38 Å². The molecule has 14 heavy (non-hydrogen) atoms. The Morgan fingerprint density at radius 3 is 2.93 bits per heavy atom. The lowest BCUT2D eigenvalue weighted by molar-refractivity contribution is 0.891. The van der Waals surface area contributed by atoms with E-state index in [0.717, 1.165) is 12.8 Å². The third kappa shape index (κ3) is 2.39. The SMILES string of the molecule is Cc1cccc(CC2=CC(Cl)CC2)c1. The standard InChI is InChI=1S/C13H15Cl/c1-10-3-2-4-11(7-10)8-12-5-6-13(14)9-12/h2-4,7,9,13H,5-6,8H2,1H3. The Morgan fingerprint density at radius 2 is 2.29 bits per heavy atom. The van der Waals surface area contributed by atoms with E-state index in [1.54, 1.807) is 0 Å². The van der Waals surface area contributed by atoms with Gasteiger partial charge in [-0.05, 0) is 31.7 Å². The zero-order valence-electron chi connectivity index (χ0n) is 8.46. The van der Waals surface area contributed by atoms with Gasteiger partial charge in [-0.15, -0.1) is 11.6 Å². The maximum Gasteiger partial charge on any atom is 0.0521 e.